The lowest BCUT2D eigenvalue weighted by atomic mass is 10.00. The number of nitrogens with two attached hydrogens (primary N) is 5. The van der Waals surface area contributed by atoms with Crippen LogP contribution in [0.25, 0.3) is 0 Å². The highest BCUT2D eigenvalue weighted by atomic mass is 16.4. The van der Waals surface area contributed by atoms with Gasteiger partial charge in [-0.15, -0.1) is 0 Å². The fourth-order valence-electron chi connectivity index (χ4n) is 8.74. The number of nitrogens with zero attached hydrogens (tertiary/aromatic N) is 3. The summed E-state index contributed by atoms with van der Waals surface area (Å²) >= 11 is 0. The number of carbonyl (C=O) groups is 9. The molecule has 80 heavy (non-hydrogen) atoms. The van der Waals surface area contributed by atoms with Crippen LogP contribution in [0.5, 0.6) is 5.75 Å². The summed E-state index contributed by atoms with van der Waals surface area (Å²) in [5.41, 5.74) is 29.0. The topological polar surface area (TPSA) is 457 Å². The minimum absolute atomic E-state index is 0.0134. The number of aliphatic imine (C=N–C) groups is 2. The van der Waals surface area contributed by atoms with E-state index < -0.39 is 114 Å². The average Bonchev–Trinajstić information content (AvgIpc) is 3.89. The van der Waals surface area contributed by atoms with Crippen molar-refractivity contribution < 1.29 is 58.5 Å². The van der Waals surface area contributed by atoms with Crippen LogP contribution in [0.2, 0.25) is 0 Å². The number of nitrogens with one attached hydrogen (secondary N) is 7. The van der Waals surface area contributed by atoms with Gasteiger partial charge in [-0.1, -0.05) is 70.2 Å². The van der Waals surface area contributed by atoms with Gasteiger partial charge in [0.05, 0.1) is 12.6 Å². The molecule has 442 valence electrons. The fourth-order valence-corrected chi connectivity index (χ4v) is 8.74. The summed E-state index contributed by atoms with van der Waals surface area (Å²) in [5, 5.41) is 48.3. The Morgan fingerprint density at radius 3 is 1.46 bits per heavy atom. The van der Waals surface area contributed by atoms with Gasteiger partial charge in [-0.2, -0.15) is 0 Å². The second-order valence-corrected chi connectivity index (χ2v) is 20.6. The number of hydrogen-bond acceptors (Lipinski definition) is 14. The van der Waals surface area contributed by atoms with Crippen LogP contribution in [0.1, 0.15) is 97.1 Å². The van der Waals surface area contributed by atoms with Gasteiger partial charge in [0.25, 0.3) is 0 Å². The highest BCUT2D eigenvalue weighted by Gasteiger charge is 2.38. The minimum Gasteiger partial charge on any atom is -0.508 e. The van der Waals surface area contributed by atoms with Gasteiger partial charge >= 0.3 is 5.97 Å². The number of likely N-dealkylation sites (tertiary alicyclic amines) is 1. The van der Waals surface area contributed by atoms with Gasteiger partial charge in [0, 0.05) is 32.5 Å². The summed E-state index contributed by atoms with van der Waals surface area (Å²) in [5.74, 6) is -8.56. The van der Waals surface area contributed by atoms with Crippen molar-refractivity contribution in [3.05, 3.63) is 65.7 Å². The second-order valence-electron chi connectivity index (χ2n) is 20.6. The predicted molar refractivity (Wildman–Crippen MR) is 297 cm³/mol. The number of amides is 8. The number of benzene rings is 2. The molecule has 8 amide bonds. The average molecular weight is 1120 g/mol. The molecule has 0 bridgehead atoms. The first kappa shape index (κ1) is 66.2. The molecule has 2 aromatic carbocycles. The van der Waals surface area contributed by atoms with E-state index in [-0.39, 0.29) is 94.0 Å². The minimum atomic E-state index is -1.66. The summed E-state index contributed by atoms with van der Waals surface area (Å²) < 4.78 is 0. The number of hydrogen-bond donors (Lipinski definition) is 15. The molecule has 0 radical (unpaired) electrons. The second kappa shape index (κ2) is 33.4. The molecular formula is C53H83N15O12. The normalized spacial score (nSPS) is 16.0. The molecule has 1 aliphatic heterocycles. The van der Waals surface area contributed by atoms with E-state index in [4.69, 9.17) is 28.7 Å². The van der Waals surface area contributed by atoms with Gasteiger partial charge in [0.15, 0.2) is 11.9 Å². The molecule has 1 heterocycles. The molecule has 27 heteroatoms. The molecule has 2 aromatic rings. The molecule has 27 nitrogen and oxygen atoms in total. The monoisotopic (exact) mass is 1120 g/mol. The van der Waals surface area contributed by atoms with Crippen molar-refractivity contribution in [2.45, 2.75) is 153 Å². The van der Waals surface area contributed by atoms with Crippen LogP contribution >= 0.6 is 0 Å². The van der Waals surface area contributed by atoms with Crippen molar-refractivity contribution in [2.75, 3.05) is 26.2 Å². The third kappa shape index (κ3) is 23.1. The number of carboxylic acid groups (broad SMARTS) is 1. The zero-order chi connectivity index (χ0) is 59.6. The van der Waals surface area contributed by atoms with Crippen LogP contribution in [0.4, 0.5) is 0 Å². The SMILES string of the molecule is CC(C)C[C@H](NC(=O)[C@H](CO)NC(=O)[C@H](Cc1ccc(O)cc1)NC(=O)[C@H](Cc1ccccc1)NC(=O)[C@H](CCCN=C(N)N)NC(=O)[C@H](CC(C)C)NC(=O)[C@H](CCCN=C(N)N)NC(=O)[C@@H]1CCCN1C(=O)[C@H](C)N)C(=O)O. The van der Waals surface area contributed by atoms with Crippen LogP contribution in [-0.4, -0.2) is 166 Å². The quantitative estimate of drug-likeness (QED) is 0.0195. The zero-order valence-electron chi connectivity index (χ0n) is 46.2. The molecule has 0 aliphatic carbocycles. The Morgan fingerprint density at radius 2 is 0.988 bits per heavy atom. The van der Waals surface area contributed by atoms with E-state index in [0.717, 1.165) is 0 Å². The summed E-state index contributed by atoms with van der Waals surface area (Å²) in [4.78, 5) is 133. The van der Waals surface area contributed by atoms with Gasteiger partial charge < -0.3 is 86.1 Å². The lowest BCUT2D eigenvalue weighted by Crippen LogP contribution is -2.61. The molecule has 0 aromatic heterocycles. The third-order valence-corrected chi connectivity index (χ3v) is 12.8. The largest absolute Gasteiger partial charge is 0.508 e. The van der Waals surface area contributed by atoms with Crippen molar-refractivity contribution in [1.82, 2.24) is 42.1 Å². The van der Waals surface area contributed by atoms with Crippen LogP contribution < -0.4 is 65.9 Å². The van der Waals surface area contributed by atoms with Crippen molar-refractivity contribution in [2.24, 2.45) is 50.5 Å². The number of guanidine groups is 2. The van der Waals surface area contributed by atoms with E-state index in [0.29, 0.717) is 30.5 Å². The van der Waals surface area contributed by atoms with Gasteiger partial charge in [-0.3, -0.25) is 48.3 Å². The number of aliphatic carboxylic acids is 1. The smallest absolute Gasteiger partial charge is 0.326 e. The van der Waals surface area contributed by atoms with E-state index in [2.05, 4.69) is 47.2 Å². The molecule has 9 atom stereocenters. The van der Waals surface area contributed by atoms with Crippen LogP contribution in [-0.2, 0) is 56.0 Å². The van der Waals surface area contributed by atoms with Crippen LogP contribution in [0, 0.1) is 11.8 Å². The first-order chi connectivity index (χ1) is 37.8. The Morgan fingerprint density at radius 1 is 0.575 bits per heavy atom. The maximum absolute atomic E-state index is 14.6. The van der Waals surface area contributed by atoms with Gasteiger partial charge in [-0.25, -0.2) is 4.79 Å². The molecule has 0 spiro atoms. The van der Waals surface area contributed by atoms with E-state index >= 15 is 0 Å². The van der Waals surface area contributed by atoms with Crippen LogP contribution in [0.15, 0.2) is 64.6 Å². The predicted octanol–water partition coefficient (Wildman–Crippen LogP) is -2.81. The molecule has 0 saturated carbocycles. The molecule has 1 saturated heterocycles. The Labute approximate surface area is 465 Å². The van der Waals surface area contributed by atoms with Crippen molar-refractivity contribution in [1.29, 1.82) is 0 Å². The van der Waals surface area contributed by atoms with Gasteiger partial charge in [0.1, 0.15) is 54.1 Å². The number of phenolic OH excluding ortho intramolecular Hbond substituents is 1. The maximum Gasteiger partial charge on any atom is 0.326 e. The highest BCUT2D eigenvalue weighted by Crippen LogP contribution is 2.20. The molecule has 1 aliphatic rings. The zero-order valence-corrected chi connectivity index (χ0v) is 46.2. The third-order valence-electron chi connectivity index (χ3n) is 12.8. The highest BCUT2D eigenvalue weighted by molar-refractivity contribution is 5.98. The number of aromatic hydroxyl groups is 1. The van der Waals surface area contributed by atoms with E-state index in [9.17, 15) is 58.5 Å². The van der Waals surface area contributed by atoms with Crippen molar-refractivity contribution in [3.8, 4) is 5.75 Å². The summed E-state index contributed by atoms with van der Waals surface area (Å²) in [6.07, 6.45) is 0.796. The van der Waals surface area contributed by atoms with Crippen molar-refractivity contribution >= 4 is 65.1 Å². The Hall–Kier alpha value is -8.07. The fraction of sp³-hybridized carbons (Fsp3) is 0.566. The summed E-state index contributed by atoms with van der Waals surface area (Å²) in [7, 11) is 0. The number of aliphatic hydroxyl groups is 1. The lowest BCUT2D eigenvalue weighted by Gasteiger charge is -2.29. The summed E-state index contributed by atoms with van der Waals surface area (Å²) in [6.45, 7) is 8.06. The van der Waals surface area contributed by atoms with Crippen molar-refractivity contribution in [3.63, 3.8) is 0 Å². The number of phenols is 1. The molecule has 20 N–H and O–H groups in total. The summed E-state index contributed by atoms with van der Waals surface area (Å²) in [6, 6.07) is 2.46. The van der Waals surface area contributed by atoms with E-state index in [1.165, 1.54) is 36.1 Å². The molecule has 0 unspecified atom stereocenters. The lowest BCUT2D eigenvalue weighted by molar-refractivity contribution is -0.143. The Kier molecular flexibility index (Phi) is 27.6. The van der Waals surface area contributed by atoms with Gasteiger partial charge in [-0.05, 0) is 93.4 Å². The first-order valence-corrected chi connectivity index (χ1v) is 26.7. The number of carbonyl (C=O) groups excluding carboxylic acids is 8. The van der Waals surface area contributed by atoms with Gasteiger partial charge in [0.2, 0.25) is 47.3 Å². The number of aliphatic hydroxyl groups excluding tert-OH is 1. The van der Waals surface area contributed by atoms with Crippen LogP contribution in [0.3, 0.4) is 0 Å². The van der Waals surface area contributed by atoms with E-state index in [1.807, 2.05) is 0 Å². The maximum atomic E-state index is 14.6. The Balaban J connectivity index is 2.00. The molecule has 1 fully saturated rings. The Bertz CT molecular complexity index is 2450. The number of carboxylic acids is 1. The standard InChI is InChI=1S/C53H83N15O12/c1-29(2)24-37(63-44(72)36(15-10-22-60-53(57)58)62-49(77)42-16-11-23-68(42)50(78)31(5)54)45(73)61-35(14-9-21-59-52(55)56)43(71)64-38(26-32-12-7-6-8-13-32)46(74)65-39(27-33-17-19-34(70)20-18-33)47(75)67-41(28-69)48(76)66-40(51(79)80)25-30(3)4/h6-8,12-13,17-20,29-31,35-42,69-70H,9-11,14-16,21-28,54H2,1-5H3,(H,61,73)(H,62,77)(H,63,72)(H,64,71)(H,65,74)(H,66,76)(H,67,75)(H,79,80)(H4,55,56,59)(H4,57,58,60)/t31-,35-,36-,37-,38-,39-,40-,41-,42-/m0/s1. The molecular weight excluding hydrogens is 1040 g/mol. The number of rotatable bonds is 33. The van der Waals surface area contributed by atoms with E-state index in [1.54, 1.807) is 58.0 Å². The molecule has 3 rings (SSSR count). The first-order valence-electron chi connectivity index (χ1n) is 26.7.